The van der Waals surface area contributed by atoms with Gasteiger partial charge in [0, 0.05) is 17.5 Å². The zero-order chi connectivity index (χ0) is 21.8. The smallest absolute Gasteiger partial charge is 0.201 e. The standard InChI is InChI=1S/C26H31F3O/c1-5-7-19-14-21-15-20-13-12-18(11-10-17(4)9-8-16(3)6-2)23(28)25(20)30-26(21)24(29)22(19)27/h8,12-14,17H,5-7,9-11,15H2,1-4H3/b16-8+. The van der Waals surface area contributed by atoms with E-state index in [0.29, 0.717) is 47.4 Å². The van der Waals surface area contributed by atoms with Gasteiger partial charge in [0.05, 0.1) is 0 Å². The maximum Gasteiger partial charge on any atom is 0.201 e. The summed E-state index contributed by atoms with van der Waals surface area (Å²) in [4.78, 5) is 0. The monoisotopic (exact) mass is 416 g/mol. The van der Waals surface area contributed by atoms with Gasteiger partial charge in [-0.2, -0.15) is 4.39 Å². The van der Waals surface area contributed by atoms with Crippen molar-refractivity contribution in [2.24, 2.45) is 5.92 Å². The molecule has 30 heavy (non-hydrogen) atoms. The van der Waals surface area contributed by atoms with Crippen LogP contribution < -0.4 is 4.74 Å². The Morgan fingerprint density at radius 1 is 1.00 bits per heavy atom. The first-order chi connectivity index (χ1) is 14.3. The van der Waals surface area contributed by atoms with Crippen LogP contribution in [0.4, 0.5) is 13.2 Å². The van der Waals surface area contributed by atoms with Crippen molar-refractivity contribution in [2.45, 2.75) is 72.6 Å². The second-order valence-electron chi connectivity index (χ2n) is 8.49. The number of ether oxygens (including phenoxy) is 1. The van der Waals surface area contributed by atoms with Crippen molar-refractivity contribution in [3.8, 4) is 11.5 Å². The Hall–Kier alpha value is -2.23. The first-order valence-electron chi connectivity index (χ1n) is 11.0. The number of fused-ring (bicyclic) bond motifs is 2. The molecule has 0 radical (unpaired) electrons. The number of halogens is 3. The van der Waals surface area contributed by atoms with Gasteiger partial charge in [-0.3, -0.25) is 0 Å². The molecule has 1 heterocycles. The molecule has 0 aliphatic carbocycles. The molecule has 4 heteroatoms. The maximum absolute atomic E-state index is 15.1. The Labute approximate surface area is 178 Å². The topological polar surface area (TPSA) is 9.23 Å². The fourth-order valence-electron chi connectivity index (χ4n) is 3.87. The van der Waals surface area contributed by atoms with Crippen molar-refractivity contribution in [1.82, 2.24) is 0 Å². The van der Waals surface area contributed by atoms with Gasteiger partial charge in [-0.05, 0) is 62.1 Å². The van der Waals surface area contributed by atoms with Gasteiger partial charge in [0.25, 0.3) is 0 Å². The van der Waals surface area contributed by atoms with Crippen LogP contribution in [0.25, 0.3) is 0 Å². The van der Waals surface area contributed by atoms with E-state index in [0.717, 1.165) is 25.7 Å². The molecule has 162 valence electrons. The minimum absolute atomic E-state index is 0.0379. The van der Waals surface area contributed by atoms with E-state index in [1.54, 1.807) is 12.1 Å². The molecule has 1 unspecified atom stereocenters. The molecule has 1 aliphatic rings. The van der Waals surface area contributed by atoms with E-state index in [1.807, 2.05) is 13.0 Å². The normalized spacial score (nSPS) is 14.2. The summed E-state index contributed by atoms with van der Waals surface area (Å²) in [6.45, 7) is 8.34. The van der Waals surface area contributed by atoms with E-state index in [9.17, 15) is 8.78 Å². The third-order valence-corrected chi connectivity index (χ3v) is 6.01. The third-order valence-electron chi connectivity index (χ3n) is 6.01. The quantitative estimate of drug-likeness (QED) is 0.337. The fourth-order valence-corrected chi connectivity index (χ4v) is 3.87. The van der Waals surface area contributed by atoms with Gasteiger partial charge in [-0.25, -0.2) is 8.78 Å². The van der Waals surface area contributed by atoms with Crippen LogP contribution in [0.5, 0.6) is 11.5 Å². The molecule has 1 atom stereocenters. The van der Waals surface area contributed by atoms with Gasteiger partial charge in [0.1, 0.15) is 0 Å². The van der Waals surface area contributed by atoms with E-state index in [-0.39, 0.29) is 11.5 Å². The Morgan fingerprint density at radius 3 is 2.43 bits per heavy atom. The number of allylic oxidation sites excluding steroid dienone is 2. The molecule has 1 nitrogen and oxygen atoms in total. The number of aryl methyl sites for hydroxylation is 2. The highest BCUT2D eigenvalue weighted by Crippen LogP contribution is 2.42. The summed E-state index contributed by atoms with van der Waals surface area (Å²) in [5, 5.41) is 0. The number of rotatable bonds is 8. The fraction of sp³-hybridized carbons (Fsp3) is 0.462. The highest BCUT2D eigenvalue weighted by Gasteiger charge is 2.28. The number of hydrogen-bond acceptors (Lipinski definition) is 1. The SMILES string of the molecule is CCCc1cc2c(c(F)c1F)Oc1c(ccc(CCC(C)C/C=C(\C)CC)c1F)C2. The predicted molar refractivity (Wildman–Crippen MR) is 116 cm³/mol. The highest BCUT2D eigenvalue weighted by atomic mass is 19.2. The summed E-state index contributed by atoms with van der Waals surface area (Å²) < 4.78 is 49.7. The molecule has 2 aromatic carbocycles. The molecule has 0 saturated heterocycles. The molecule has 2 aromatic rings. The summed E-state index contributed by atoms with van der Waals surface area (Å²) in [6.07, 6.45) is 7.22. The first kappa shape index (κ1) is 22.5. The minimum Gasteiger partial charge on any atom is -0.450 e. The van der Waals surface area contributed by atoms with Crippen LogP contribution in [-0.4, -0.2) is 0 Å². The molecule has 0 bridgehead atoms. The highest BCUT2D eigenvalue weighted by molar-refractivity contribution is 5.53. The van der Waals surface area contributed by atoms with Gasteiger partial charge in [-0.1, -0.05) is 51.0 Å². The summed E-state index contributed by atoms with van der Waals surface area (Å²) in [7, 11) is 0. The van der Waals surface area contributed by atoms with Crippen LogP contribution in [0.15, 0.2) is 29.8 Å². The molecule has 3 rings (SSSR count). The molecule has 0 amide bonds. The maximum atomic E-state index is 15.1. The van der Waals surface area contributed by atoms with Crippen molar-refractivity contribution >= 4 is 0 Å². The Bertz CT molecular complexity index is 946. The summed E-state index contributed by atoms with van der Waals surface area (Å²) in [5.74, 6) is -2.06. The predicted octanol–water partition coefficient (Wildman–Crippen LogP) is 8.07. The zero-order valence-electron chi connectivity index (χ0n) is 18.4. The Balaban J connectivity index is 1.79. The van der Waals surface area contributed by atoms with Gasteiger partial charge >= 0.3 is 0 Å². The zero-order valence-corrected chi connectivity index (χ0v) is 18.4. The average molecular weight is 417 g/mol. The molecule has 1 aliphatic heterocycles. The van der Waals surface area contributed by atoms with Crippen molar-refractivity contribution in [1.29, 1.82) is 0 Å². The van der Waals surface area contributed by atoms with E-state index < -0.39 is 17.5 Å². The van der Waals surface area contributed by atoms with Gasteiger partial charge in [0.15, 0.2) is 23.1 Å². The minimum atomic E-state index is -1.02. The lowest BCUT2D eigenvalue weighted by Crippen LogP contribution is -2.11. The van der Waals surface area contributed by atoms with Crippen molar-refractivity contribution < 1.29 is 17.9 Å². The van der Waals surface area contributed by atoms with E-state index in [4.69, 9.17) is 4.74 Å². The third kappa shape index (κ3) is 4.74. The van der Waals surface area contributed by atoms with Crippen molar-refractivity contribution in [2.75, 3.05) is 0 Å². The van der Waals surface area contributed by atoms with Crippen LogP contribution >= 0.6 is 0 Å². The summed E-state index contributed by atoms with van der Waals surface area (Å²) in [5.41, 5.74) is 3.52. The Kier molecular flexibility index (Phi) is 7.27. The van der Waals surface area contributed by atoms with Gasteiger partial charge < -0.3 is 4.74 Å². The van der Waals surface area contributed by atoms with Gasteiger partial charge in [0.2, 0.25) is 5.82 Å². The molecule has 0 spiro atoms. The van der Waals surface area contributed by atoms with Gasteiger partial charge in [-0.15, -0.1) is 0 Å². The summed E-state index contributed by atoms with van der Waals surface area (Å²) in [6, 6.07) is 5.30. The number of benzene rings is 2. The summed E-state index contributed by atoms with van der Waals surface area (Å²) >= 11 is 0. The van der Waals surface area contributed by atoms with Crippen molar-refractivity contribution in [3.63, 3.8) is 0 Å². The lowest BCUT2D eigenvalue weighted by molar-refractivity contribution is 0.376. The lowest BCUT2D eigenvalue weighted by atomic mass is 9.93. The second kappa shape index (κ2) is 9.72. The molecular weight excluding hydrogens is 385 g/mol. The van der Waals surface area contributed by atoms with E-state index in [2.05, 4.69) is 26.8 Å². The van der Waals surface area contributed by atoms with E-state index in [1.165, 1.54) is 5.57 Å². The Morgan fingerprint density at radius 2 is 1.73 bits per heavy atom. The van der Waals surface area contributed by atoms with Crippen molar-refractivity contribution in [3.05, 3.63) is 69.6 Å². The molecule has 0 N–H and O–H groups in total. The molecule has 0 aromatic heterocycles. The average Bonchev–Trinajstić information content (AvgIpc) is 2.74. The van der Waals surface area contributed by atoms with Crippen LogP contribution in [0, 0.1) is 23.4 Å². The van der Waals surface area contributed by atoms with Crippen LogP contribution in [0.3, 0.4) is 0 Å². The number of hydrogen-bond donors (Lipinski definition) is 0. The lowest BCUT2D eigenvalue weighted by Gasteiger charge is -2.23. The first-order valence-corrected chi connectivity index (χ1v) is 11.0. The molecular formula is C26H31F3O. The van der Waals surface area contributed by atoms with Crippen LogP contribution in [-0.2, 0) is 19.3 Å². The largest absolute Gasteiger partial charge is 0.450 e. The molecule has 0 saturated carbocycles. The van der Waals surface area contributed by atoms with E-state index >= 15 is 4.39 Å². The molecule has 0 fully saturated rings. The van der Waals surface area contributed by atoms with Crippen LogP contribution in [0.2, 0.25) is 0 Å². The van der Waals surface area contributed by atoms with Crippen LogP contribution in [0.1, 0.15) is 75.6 Å². The second-order valence-corrected chi connectivity index (χ2v) is 8.49.